The van der Waals surface area contributed by atoms with Gasteiger partial charge < -0.3 is 11.1 Å². The van der Waals surface area contributed by atoms with Gasteiger partial charge in [-0.2, -0.15) is 0 Å². The van der Waals surface area contributed by atoms with Crippen LogP contribution < -0.4 is 11.1 Å². The summed E-state index contributed by atoms with van der Waals surface area (Å²) in [5.74, 6) is -2.82. The van der Waals surface area contributed by atoms with Crippen LogP contribution in [0.5, 0.6) is 0 Å². The van der Waals surface area contributed by atoms with Crippen LogP contribution >= 0.6 is 15.9 Å². The van der Waals surface area contributed by atoms with Crippen molar-refractivity contribution in [2.45, 2.75) is 6.92 Å². The molecule has 0 aliphatic heterocycles. The van der Waals surface area contributed by atoms with E-state index in [4.69, 9.17) is 5.73 Å². The van der Waals surface area contributed by atoms with Crippen LogP contribution in [-0.4, -0.2) is 5.91 Å². The zero-order valence-electron chi connectivity index (χ0n) is 10.5. The topological polar surface area (TPSA) is 55.1 Å². The lowest BCUT2D eigenvalue weighted by Crippen LogP contribution is -2.16. The predicted octanol–water partition coefficient (Wildman–Crippen LogP) is 3.87. The van der Waals surface area contributed by atoms with Gasteiger partial charge in [0.15, 0.2) is 11.6 Å². The highest BCUT2D eigenvalue weighted by atomic mass is 79.9. The summed E-state index contributed by atoms with van der Waals surface area (Å²) in [4.78, 5) is 12.1. The van der Waals surface area contributed by atoms with Gasteiger partial charge in [0.05, 0.1) is 11.3 Å². The van der Waals surface area contributed by atoms with Crippen molar-refractivity contribution < 1.29 is 13.6 Å². The zero-order chi connectivity index (χ0) is 14.9. The van der Waals surface area contributed by atoms with Crippen molar-refractivity contribution in [2.75, 3.05) is 11.1 Å². The Hall–Kier alpha value is -1.95. The fourth-order valence-electron chi connectivity index (χ4n) is 1.70. The van der Waals surface area contributed by atoms with Crippen LogP contribution in [0, 0.1) is 18.6 Å². The molecule has 2 rings (SSSR count). The molecule has 0 saturated carbocycles. The number of carbonyl (C=O) groups is 1. The minimum absolute atomic E-state index is 0.0407. The number of nitrogens with two attached hydrogens (primary N) is 1. The summed E-state index contributed by atoms with van der Waals surface area (Å²) in [5.41, 5.74) is 6.32. The largest absolute Gasteiger partial charge is 0.397 e. The first-order chi connectivity index (χ1) is 9.41. The third-order valence-electron chi connectivity index (χ3n) is 2.80. The molecular formula is C14H11BrF2N2O. The number of carbonyl (C=O) groups excluding carboxylic acids is 1. The fourth-order valence-corrected chi connectivity index (χ4v) is 2.14. The van der Waals surface area contributed by atoms with E-state index in [-0.39, 0.29) is 11.4 Å². The summed E-state index contributed by atoms with van der Waals surface area (Å²) in [7, 11) is 0. The Morgan fingerprint density at radius 1 is 1.25 bits per heavy atom. The lowest BCUT2D eigenvalue weighted by molar-refractivity contribution is 0.102. The molecule has 0 aliphatic carbocycles. The van der Waals surface area contributed by atoms with E-state index in [0.717, 1.165) is 11.6 Å². The van der Waals surface area contributed by atoms with Crippen molar-refractivity contribution in [3.63, 3.8) is 0 Å². The molecule has 0 fully saturated rings. The van der Waals surface area contributed by atoms with Gasteiger partial charge in [0.2, 0.25) is 0 Å². The molecule has 20 heavy (non-hydrogen) atoms. The van der Waals surface area contributed by atoms with Gasteiger partial charge in [0.1, 0.15) is 5.69 Å². The van der Waals surface area contributed by atoms with E-state index in [9.17, 15) is 13.6 Å². The van der Waals surface area contributed by atoms with E-state index in [1.54, 1.807) is 12.1 Å². The Balaban J connectivity index is 2.38. The maximum Gasteiger partial charge on any atom is 0.256 e. The number of aryl methyl sites for hydroxylation is 1. The van der Waals surface area contributed by atoms with E-state index < -0.39 is 17.5 Å². The van der Waals surface area contributed by atoms with E-state index in [1.165, 1.54) is 6.07 Å². The van der Waals surface area contributed by atoms with Crippen molar-refractivity contribution in [1.82, 2.24) is 0 Å². The summed E-state index contributed by atoms with van der Waals surface area (Å²) in [6, 6.07) is 7.18. The fraction of sp³-hybridized carbons (Fsp3) is 0.0714. The summed E-state index contributed by atoms with van der Waals surface area (Å²) in [6.45, 7) is 1.82. The second kappa shape index (κ2) is 5.58. The molecule has 2 aromatic rings. The number of amides is 1. The zero-order valence-corrected chi connectivity index (χ0v) is 12.1. The van der Waals surface area contributed by atoms with E-state index in [0.29, 0.717) is 10.0 Å². The quantitative estimate of drug-likeness (QED) is 0.815. The van der Waals surface area contributed by atoms with Crippen molar-refractivity contribution in [3.05, 3.63) is 57.6 Å². The maximum absolute atomic E-state index is 13.6. The van der Waals surface area contributed by atoms with Crippen LogP contribution in [0.3, 0.4) is 0 Å². The molecule has 0 heterocycles. The SMILES string of the molecule is Cc1cccc(C(=O)Nc2c(N)ccc(F)c2F)c1Br. The minimum Gasteiger partial charge on any atom is -0.397 e. The van der Waals surface area contributed by atoms with Crippen LogP contribution in [0.2, 0.25) is 0 Å². The Kier molecular flexibility index (Phi) is 4.04. The number of hydrogen-bond acceptors (Lipinski definition) is 2. The van der Waals surface area contributed by atoms with Gasteiger partial charge in [0.25, 0.3) is 5.91 Å². The first-order valence-corrected chi connectivity index (χ1v) is 6.51. The Labute approximate surface area is 122 Å². The number of nitrogen functional groups attached to an aromatic ring is 1. The summed E-state index contributed by atoms with van der Waals surface area (Å²) < 4.78 is 27.4. The molecule has 0 radical (unpaired) electrons. The van der Waals surface area contributed by atoms with Gasteiger partial charge in [0, 0.05) is 4.47 Å². The number of nitrogens with one attached hydrogen (secondary N) is 1. The smallest absolute Gasteiger partial charge is 0.256 e. The number of rotatable bonds is 2. The Bertz CT molecular complexity index is 689. The van der Waals surface area contributed by atoms with Crippen LogP contribution in [-0.2, 0) is 0 Å². The Morgan fingerprint density at radius 3 is 2.65 bits per heavy atom. The molecule has 0 unspecified atom stereocenters. The van der Waals surface area contributed by atoms with E-state index in [1.807, 2.05) is 13.0 Å². The first kappa shape index (κ1) is 14.5. The number of hydrogen-bond donors (Lipinski definition) is 2. The maximum atomic E-state index is 13.6. The molecule has 6 heteroatoms. The molecule has 0 bridgehead atoms. The molecule has 3 N–H and O–H groups in total. The normalized spacial score (nSPS) is 10.4. The molecule has 0 atom stereocenters. The number of benzene rings is 2. The summed E-state index contributed by atoms with van der Waals surface area (Å²) in [6.07, 6.45) is 0. The molecule has 2 aromatic carbocycles. The molecule has 3 nitrogen and oxygen atoms in total. The molecule has 0 saturated heterocycles. The predicted molar refractivity (Wildman–Crippen MR) is 77.6 cm³/mol. The number of halogens is 3. The Morgan fingerprint density at radius 2 is 1.95 bits per heavy atom. The van der Waals surface area contributed by atoms with E-state index in [2.05, 4.69) is 21.2 Å². The van der Waals surface area contributed by atoms with Crippen LogP contribution in [0.1, 0.15) is 15.9 Å². The van der Waals surface area contributed by atoms with Crippen LogP contribution in [0.4, 0.5) is 20.2 Å². The molecular weight excluding hydrogens is 330 g/mol. The van der Waals surface area contributed by atoms with Gasteiger partial charge in [-0.1, -0.05) is 12.1 Å². The third-order valence-corrected chi connectivity index (χ3v) is 3.85. The van der Waals surface area contributed by atoms with Gasteiger partial charge in [-0.15, -0.1) is 0 Å². The minimum atomic E-state index is -1.18. The van der Waals surface area contributed by atoms with Gasteiger partial charge in [-0.25, -0.2) is 8.78 Å². The second-order valence-electron chi connectivity index (χ2n) is 4.22. The van der Waals surface area contributed by atoms with Gasteiger partial charge in [-0.05, 0) is 46.6 Å². The highest BCUT2D eigenvalue weighted by Crippen LogP contribution is 2.27. The first-order valence-electron chi connectivity index (χ1n) is 5.71. The molecule has 104 valence electrons. The highest BCUT2D eigenvalue weighted by molar-refractivity contribution is 9.10. The molecule has 0 aliphatic rings. The lowest BCUT2D eigenvalue weighted by atomic mass is 10.1. The summed E-state index contributed by atoms with van der Waals surface area (Å²) in [5, 5.41) is 2.29. The average molecular weight is 341 g/mol. The standard InChI is InChI=1S/C14H11BrF2N2O/c1-7-3-2-4-8(11(7)15)14(20)19-13-10(18)6-5-9(16)12(13)17/h2-6H,18H2,1H3,(H,19,20). The van der Waals surface area contributed by atoms with E-state index >= 15 is 0 Å². The monoisotopic (exact) mass is 340 g/mol. The van der Waals surface area contributed by atoms with Crippen molar-refractivity contribution in [3.8, 4) is 0 Å². The molecule has 0 spiro atoms. The van der Waals surface area contributed by atoms with Crippen LogP contribution in [0.25, 0.3) is 0 Å². The van der Waals surface area contributed by atoms with Gasteiger partial charge >= 0.3 is 0 Å². The highest BCUT2D eigenvalue weighted by Gasteiger charge is 2.17. The van der Waals surface area contributed by atoms with Crippen molar-refractivity contribution >= 4 is 33.2 Å². The van der Waals surface area contributed by atoms with Crippen LogP contribution in [0.15, 0.2) is 34.8 Å². The van der Waals surface area contributed by atoms with Crippen molar-refractivity contribution in [1.29, 1.82) is 0 Å². The van der Waals surface area contributed by atoms with Crippen molar-refractivity contribution in [2.24, 2.45) is 0 Å². The number of anilines is 2. The second-order valence-corrected chi connectivity index (χ2v) is 5.01. The molecule has 1 amide bonds. The molecule has 0 aromatic heterocycles. The third kappa shape index (κ3) is 2.65. The average Bonchev–Trinajstić information content (AvgIpc) is 2.42. The van der Waals surface area contributed by atoms with Gasteiger partial charge in [-0.3, -0.25) is 4.79 Å². The lowest BCUT2D eigenvalue weighted by Gasteiger charge is -2.11. The summed E-state index contributed by atoms with van der Waals surface area (Å²) >= 11 is 3.29.